The number of halogens is 1. The van der Waals surface area contributed by atoms with Crippen LogP contribution < -0.4 is 4.72 Å². The lowest BCUT2D eigenvalue weighted by Crippen LogP contribution is -2.17. The number of hydrogen-bond acceptors (Lipinski definition) is 5. The average molecular weight is 332 g/mol. The number of hydrogen-bond donors (Lipinski definition) is 1. The van der Waals surface area contributed by atoms with E-state index in [-0.39, 0.29) is 15.5 Å². The molecule has 0 aliphatic carbocycles. The highest BCUT2D eigenvalue weighted by Gasteiger charge is 2.23. The first-order valence-corrected chi connectivity index (χ1v) is 8.17. The second kappa shape index (κ2) is 5.82. The van der Waals surface area contributed by atoms with E-state index in [1.807, 2.05) is 0 Å². The Labute approximate surface area is 125 Å². The van der Waals surface area contributed by atoms with Gasteiger partial charge in [-0.1, -0.05) is 11.6 Å². The molecule has 0 saturated carbocycles. The van der Waals surface area contributed by atoms with E-state index >= 15 is 0 Å². The fourth-order valence-electron chi connectivity index (χ4n) is 1.53. The second-order valence-corrected chi connectivity index (χ2v) is 6.62. The number of ether oxygens (including phenoxy) is 1. The smallest absolute Gasteiger partial charge is 0.339 e. The van der Waals surface area contributed by atoms with Crippen molar-refractivity contribution in [2.45, 2.75) is 4.90 Å². The van der Waals surface area contributed by atoms with Crippen molar-refractivity contribution >= 4 is 44.6 Å². The van der Waals surface area contributed by atoms with E-state index in [0.29, 0.717) is 5.69 Å². The van der Waals surface area contributed by atoms with Crippen LogP contribution in [0.5, 0.6) is 0 Å². The largest absolute Gasteiger partial charge is 0.465 e. The third-order valence-corrected chi connectivity index (χ3v) is 4.75. The summed E-state index contributed by atoms with van der Waals surface area (Å²) in [4.78, 5) is 11.4. The second-order valence-electron chi connectivity index (χ2n) is 3.75. The van der Waals surface area contributed by atoms with Crippen LogP contribution in [-0.2, 0) is 14.8 Å². The Morgan fingerprint density at radius 2 is 2.10 bits per heavy atom. The number of nitrogens with one attached hydrogen (secondary N) is 1. The van der Waals surface area contributed by atoms with Gasteiger partial charge >= 0.3 is 5.97 Å². The van der Waals surface area contributed by atoms with E-state index in [1.165, 1.54) is 36.6 Å². The summed E-state index contributed by atoms with van der Waals surface area (Å²) >= 11 is 7.16. The number of carbonyl (C=O) groups is 1. The van der Waals surface area contributed by atoms with Gasteiger partial charge in [0.15, 0.2) is 0 Å². The Balaban J connectivity index is 2.50. The molecule has 2 aromatic rings. The summed E-state index contributed by atoms with van der Waals surface area (Å²) in [6.45, 7) is 0. The summed E-state index contributed by atoms with van der Waals surface area (Å²) in [7, 11) is -2.74. The normalized spacial score (nSPS) is 11.1. The van der Waals surface area contributed by atoms with Gasteiger partial charge in [-0.15, -0.1) is 0 Å². The Kier molecular flexibility index (Phi) is 4.32. The fourth-order valence-corrected chi connectivity index (χ4v) is 3.70. The van der Waals surface area contributed by atoms with Crippen LogP contribution in [0.2, 0.25) is 5.02 Å². The zero-order valence-electron chi connectivity index (χ0n) is 10.3. The van der Waals surface area contributed by atoms with Gasteiger partial charge in [-0.2, -0.15) is 11.3 Å². The molecule has 0 saturated heterocycles. The zero-order chi connectivity index (χ0) is 14.8. The Morgan fingerprint density at radius 1 is 1.35 bits per heavy atom. The summed E-state index contributed by atoms with van der Waals surface area (Å²) in [6.07, 6.45) is 0. The molecule has 1 aromatic carbocycles. The van der Waals surface area contributed by atoms with Crippen molar-refractivity contribution in [1.29, 1.82) is 0 Å². The van der Waals surface area contributed by atoms with Gasteiger partial charge < -0.3 is 4.74 Å². The first kappa shape index (κ1) is 14.8. The van der Waals surface area contributed by atoms with Crippen LogP contribution in [0.3, 0.4) is 0 Å². The van der Waals surface area contributed by atoms with Gasteiger partial charge in [0.2, 0.25) is 0 Å². The molecule has 0 amide bonds. The SMILES string of the molecule is COC(=O)c1ccc(Cl)cc1S(=O)(=O)Nc1ccsc1. The summed E-state index contributed by atoms with van der Waals surface area (Å²) in [5.41, 5.74) is 0.352. The minimum absolute atomic E-state index is 0.0698. The molecule has 0 spiro atoms. The number of esters is 1. The standard InChI is InChI=1S/C12H10ClNO4S2/c1-18-12(15)10-3-2-8(13)6-11(10)20(16,17)14-9-4-5-19-7-9/h2-7,14H,1H3. The summed E-state index contributed by atoms with van der Waals surface area (Å²) in [6, 6.07) is 5.57. The van der Waals surface area contributed by atoms with Crippen molar-refractivity contribution in [2.75, 3.05) is 11.8 Å². The first-order valence-electron chi connectivity index (χ1n) is 5.37. The molecule has 1 aromatic heterocycles. The van der Waals surface area contributed by atoms with E-state index in [4.69, 9.17) is 11.6 Å². The molecule has 2 rings (SSSR count). The topological polar surface area (TPSA) is 72.5 Å². The maximum atomic E-state index is 12.3. The third kappa shape index (κ3) is 3.12. The van der Waals surface area contributed by atoms with Crippen LogP contribution in [-0.4, -0.2) is 21.5 Å². The fraction of sp³-hybridized carbons (Fsp3) is 0.0833. The maximum Gasteiger partial charge on any atom is 0.339 e. The predicted molar refractivity (Wildman–Crippen MR) is 77.9 cm³/mol. The molecule has 0 atom stereocenters. The predicted octanol–water partition coefficient (Wildman–Crippen LogP) is 2.99. The molecule has 0 bridgehead atoms. The highest BCUT2D eigenvalue weighted by molar-refractivity contribution is 7.92. The Morgan fingerprint density at radius 3 is 2.70 bits per heavy atom. The van der Waals surface area contributed by atoms with Gasteiger partial charge in [0, 0.05) is 10.4 Å². The molecule has 0 aliphatic heterocycles. The van der Waals surface area contributed by atoms with Crippen LogP contribution >= 0.6 is 22.9 Å². The number of thiophene rings is 1. The molecule has 8 heteroatoms. The molecular weight excluding hydrogens is 322 g/mol. The van der Waals surface area contributed by atoms with Gasteiger partial charge in [-0.3, -0.25) is 4.72 Å². The van der Waals surface area contributed by atoms with Crippen molar-refractivity contribution in [3.63, 3.8) is 0 Å². The van der Waals surface area contributed by atoms with Crippen LogP contribution in [0.4, 0.5) is 5.69 Å². The van der Waals surface area contributed by atoms with E-state index in [1.54, 1.807) is 16.8 Å². The van der Waals surface area contributed by atoms with Crippen molar-refractivity contribution < 1.29 is 17.9 Å². The van der Waals surface area contributed by atoms with Gasteiger partial charge in [-0.25, -0.2) is 13.2 Å². The number of sulfonamides is 1. The molecule has 1 N–H and O–H groups in total. The highest BCUT2D eigenvalue weighted by atomic mass is 35.5. The highest BCUT2D eigenvalue weighted by Crippen LogP contribution is 2.24. The van der Waals surface area contributed by atoms with Crippen molar-refractivity contribution in [3.05, 3.63) is 45.6 Å². The Bertz CT molecular complexity index is 726. The number of benzene rings is 1. The van der Waals surface area contributed by atoms with Crippen LogP contribution in [0.1, 0.15) is 10.4 Å². The van der Waals surface area contributed by atoms with Crippen molar-refractivity contribution in [1.82, 2.24) is 0 Å². The molecule has 106 valence electrons. The lowest BCUT2D eigenvalue weighted by Gasteiger charge is -2.10. The molecule has 5 nitrogen and oxygen atoms in total. The lowest BCUT2D eigenvalue weighted by atomic mass is 10.2. The third-order valence-electron chi connectivity index (χ3n) is 2.41. The minimum atomic E-state index is -3.92. The van der Waals surface area contributed by atoms with Gasteiger partial charge in [0.1, 0.15) is 4.90 Å². The van der Waals surface area contributed by atoms with Crippen LogP contribution in [0, 0.1) is 0 Å². The zero-order valence-corrected chi connectivity index (χ0v) is 12.7. The number of anilines is 1. The molecule has 20 heavy (non-hydrogen) atoms. The van der Waals surface area contributed by atoms with Crippen LogP contribution in [0.25, 0.3) is 0 Å². The Hall–Kier alpha value is -1.57. The summed E-state index contributed by atoms with van der Waals surface area (Å²) in [5.74, 6) is -0.743. The molecule has 1 heterocycles. The summed E-state index contributed by atoms with van der Waals surface area (Å²) in [5, 5.41) is 3.58. The van der Waals surface area contributed by atoms with Crippen molar-refractivity contribution in [2.24, 2.45) is 0 Å². The van der Waals surface area contributed by atoms with Crippen molar-refractivity contribution in [3.8, 4) is 0 Å². The number of carbonyl (C=O) groups excluding carboxylic acids is 1. The quantitative estimate of drug-likeness (QED) is 0.874. The van der Waals surface area contributed by atoms with Crippen LogP contribution in [0.15, 0.2) is 39.9 Å². The molecule has 0 unspecified atom stereocenters. The van der Waals surface area contributed by atoms with Gasteiger partial charge in [-0.05, 0) is 29.6 Å². The van der Waals surface area contributed by atoms with E-state index in [2.05, 4.69) is 9.46 Å². The van der Waals surface area contributed by atoms with E-state index in [0.717, 1.165) is 0 Å². The first-order chi connectivity index (χ1) is 9.44. The molecular formula is C12H10ClNO4S2. The lowest BCUT2D eigenvalue weighted by molar-refractivity contribution is 0.0596. The average Bonchev–Trinajstić information content (AvgIpc) is 2.90. The monoisotopic (exact) mass is 331 g/mol. The van der Waals surface area contributed by atoms with E-state index in [9.17, 15) is 13.2 Å². The summed E-state index contributed by atoms with van der Waals surface area (Å²) < 4.78 is 31.6. The number of rotatable bonds is 4. The molecule has 0 radical (unpaired) electrons. The maximum absolute atomic E-state index is 12.3. The van der Waals surface area contributed by atoms with E-state index < -0.39 is 16.0 Å². The van der Waals surface area contributed by atoms with Gasteiger partial charge in [0.05, 0.1) is 18.4 Å². The molecule has 0 aliphatic rings. The van der Waals surface area contributed by atoms with Gasteiger partial charge in [0.25, 0.3) is 10.0 Å². The number of methoxy groups -OCH3 is 1. The molecule has 0 fully saturated rings. The minimum Gasteiger partial charge on any atom is -0.465 e.